The molecular weight excluding hydrogens is 356 g/mol. The number of hydrogen-bond donors (Lipinski definition) is 1. The van der Waals surface area contributed by atoms with Crippen LogP contribution < -0.4 is 15.0 Å². The Bertz CT molecular complexity index is 940. The van der Waals surface area contributed by atoms with Crippen LogP contribution in [0.4, 0.5) is 5.69 Å². The molecule has 0 unspecified atom stereocenters. The molecule has 0 saturated carbocycles. The summed E-state index contributed by atoms with van der Waals surface area (Å²) >= 11 is 5.75. The van der Waals surface area contributed by atoms with Gasteiger partial charge in [0, 0.05) is 36.4 Å². The van der Waals surface area contributed by atoms with Crippen LogP contribution in [0.5, 0.6) is 5.75 Å². The molecule has 0 amide bonds. The maximum absolute atomic E-state index is 5.75. The molecule has 3 heterocycles. The number of aromatic nitrogens is 2. The molecule has 1 aliphatic rings. The molecule has 1 aromatic carbocycles. The molecule has 6 heteroatoms. The number of anilines is 1. The monoisotopic (exact) mass is 378 g/mol. The summed E-state index contributed by atoms with van der Waals surface area (Å²) in [6, 6.07) is 18.2. The Hall–Kier alpha value is -2.86. The average Bonchev–Trinajstić information content (AvgIpc) is 3.32. The van der Waals surface area contributed by atoms with Gasteiger partial charge in [0.1, 0.15) is 11.8 Å². The lowest BCUT2D eigenvalue weighted by Crippen LogP contribution is -2.30. The van der Waals surface area contributed by atoms with Crippen LogP contribution in [0.3, 0.4) is 0 Å². The van der Waals surface area contributed by atoms with E-state index in [9.17, 15) is 0 Å². The van der Waals surface area contributed by atoms with Crippen LogP contribution >= 0.6 is 12.2 Å². The molecule has 138 valence electrons. The van der Waals surface area contributed by atoms with E-state index in [4.69, 9.17) is 17.0 Å². The molecule has 0 spiro atoms. The fourth-order valence-corrected chi connectivity index (χ4v) is 4.02. The van der Waals surface area contributed by atoms with Gasteiger partial charge in [-0.1, -0.05) is 12.1 Å². The van der Waals surface area contributed by atoms with Gasteiger partial charge in [-0.05, 0) is 55.5 Å². The van der Waals surface area contributed by atoms with Crippen molar-refractivity contribution in [1.82, 2.24) is 14.9 Å². The zero-order chi connectivity index (χ0) is 18.8. The van der Waals surface area contributed by atoms with Crippen LogP contribution in [-0.4, -0.2) is 21.8 Å². The third-order valence-electron chi connectivity index (χ3n) is 4.94. The van der Waals surface area contributed by atoms with Crippen LogP contribution in [0.25, 0.3) is 0 Å². The van der Waals surface area contributed by atoms with Gasteiger partial charge >= 0.3 is 0 Å². The SMILES string of the molecule is CCn1cccc1[C@@H]1[C@H](c2ccccn2)NC(=S)N1c1cccc(OC)c1. The van der Waals surface area contributed by atoms with Crippen LogP contribution in [-0.2, 0) is 6.54 Å². The van der Waals surface area contributed by atoms with E-state index in [0.717, 1.165) is 23.7 Å². The van der Waals surface area contributed by atoms with Gasteiger partial charge in [0.05, 0.1) is 18.8 Å². The molecule has 1 fully saturated rings. The van der Waals surface area contributed by atoms with Crippen molar-refractivity contribution >= 4 is 23.0 Å². The fourth-order valence-electron chi connectivity index (χ4n) is 3.68. The highest BCUT2D eigenvalue weighted by Crippen LogP contribution is 2.42. The fraction of sp³-hybridized carbons (Fsp3) is 0.238. The largest absolute Gasteiger partial charge is 0.497 e. The molecule has 1 aliphatic heterocycles. The minimum absolute atomic E-state index is 0.00513. The molecule has 1 saturated heterocycles. The van der Waals surface area contributed by atoms with Crippen molar-refractivity contribution < 1.29 is 4.74 Å². The van der Waals surface area contributed by atoms with Gasteiger partial charge in [-0.25, -0.2) is 0 Å². The highest BCUT2D eigenvalue weighted by Gasteiger charge is 2.41. The van der Waals surface area contributed by atoms with Gasteiger partial charge in [0.25, 0.3) is 0 Å². The van der Waals surface area contributed by atoms with Gasteiger partial charge < -0.3 is 19.5 Å². The van der Waals surface area contributed by atoms with E-state index in [2.05, 4.69) is 51.1 Å². The smallest absolute Gasteiger partial charge is 0.174 e. The first-order valence-corrected chi connectivity index (χ1v) is 9.43. The molecule has 0 radical (unpaired) electrons. The first-order chi connectivity index (χ1) is 13.2. The van der Waals surface area contributed by atoms with Crippen molar-refractivity contribution in [3.8, 4) is 5.75 Å². The van der Waals surface area contributed by atoms with Crippen molar-refractivity contribution in [2.75, 3.05) is 12.0 Å². The summed E-state index contributed by atoms with van der Waals surface area (Å²) in [7, 11) is 1.68. The molecule has 3 aromatic rings. The highest BCUT2D eigenvalue weighted by molar-refractivity contribution is 7.80. The minimum atomic E-state index is -0.0369. The molecule has 5 nitrogen and oxygen atoms in total. The zero-order valence-electron chi connectivity index (χ0n) is 15.4. The van der Waals surface area contributed by atoms with Crippen molar-refractivity contribution in [2.45, 2.75) is 25.6 Å². The Balaban J connectivity index is 1.84. The molecular formula is C21H22N4OS. The Morgan fingerprint density at radius 2 is 2.04 bits per heavy atom. The maximum atomic E-state index is 5.75. The summed E-state index contributed by atoms with van der Waals surface area (Å²) in [4.78, 5) is 6.76. The standard InChI is InChI=1S/C21H22N4OS/c1-3-24-13-7-11-18(24)20-19(17-10-4-5-12-22-17)23-21(27)25(20)15-8-6-9-16(14-15)26-2/h4-14,19-20H,3H2,1-2H3,(H,23,27)/t19-,20+/m0/s1. The second kappa shape index (κ2) is 7.40. The minimum Gasteiger partial charge on any atom is -0.497 e. The number of pyridine rings is 1. The second-order valence-corrected chi connectivity index (χ2v) is 6.80. The Labute approximate surface area is 164 Å². The number of thiocarbonyl (C=S) groups is 1. The molecule has 2 atom stereocenters. The van der Waals surface area contributed by atoms with Crippen molar-refractivity contribution in [3.05, 3.63) is 78.4 Å². The number of methoxy groups -OCH3 is 1. The lowest BCUT2D eigenvalue weighted by Gasteiger charge is -2.29. The number of ether oxygens (including phenoxy) is 1. The van der Waals surface area contributed by atoms with Gasteiger partial charge in [-0.15, -0.1) is 0 Å². The first-order valence-electron chi connectivity index (χ1n) is 9.02. The van der Waals surface area contributed by atoms with E-state index in [-0.39, 0.29) is 12.1 Å². The van der Waals surface area contributed by atoms with Gasteiger partial charge in [0.2, 0.25) is 0 Å². The summed E-state index contributed by atoms with van der Waals surface area (Å²) < 4.78 is 7.68. The first kappa shape index (κ1) is 17.5. The van der Waals surface area contributed by atoms with Crippen LogP contribution in [0.1, 0.15) is 30.4 Å². The number of benzene rings is 1. The van der Waals surface area contributed by atoms with Crippen LogP contribution in [0.2, 0.25) is 0 Å². The lowest BCUT2D eigenvalue weighted by molar-refractivity contribution is 0.414. The lowest BCUT2D eigenvalue weighted by atomic mass is 10.0. The molecule has 4 rings (SSSR count). The Morgan fingerprint density at radius 1 is 1.15 bits per heavy atom. The number of rotatable bonds is 5. The molecule has 1 N–H and O–H groups in total. The van der Waals surface area contributed by atoms with Crippen molar-refractivity contribution in [3.63, 3.8) is 0 Å². The third kappa shape index (κ3) is 3.17. The Kier molecular flexibility index (Phi) is 4.81. The van der Waals surface area contributed by atoms with Gasteiger partial charge in [-0.3, -0.25) is 4.98 Å². The molecule has 2 aromatic heterocycles. The predicted octanol–water partition coefficient (Wildman–Crippen LogP) is 4.09. The normalized spacial score (nSPS) is 19.2. The highest BCUT2D eigenvalue weighted by atomic mass is 32.1. The van der Waals surface area contributed by atoms with Crippen LogP contribution in [0, 0.1) is 0 Å². The number of nitrogens with one attached hydrogen (secondary N) is 1. The zero-order valence-corrected chi connectivity index (χ0v) is 16.2. The number of hydrogen-bond acceptors (Lipinski definition) is 3. The van der Waals surface area contributed by atoms with Gasteiger partial charge in [-0.2, -0.15) is 0 Å². The van der Waals surface area contributed by atoms with E-state index in [1.165, 1.54) is 5.69 Å². The summed E-state index contributed by atoms with van der Waals surface area (Å²) in [5.41, 5.74) is 3.17. The predicted molar refractivity (Wildman–Crippen MR) is 111 cm³/mol. The van der Waals surface area contributed by atoms with Crippen LogP contribution in [0.15, 0.2) is 67.0 Å². The maximum Gasteiger partial charge on any atom is 0.174 e. The molecule has 0 bridgehead atoms. The number of nitrogens with zero attached hydrogens (tertiary/aromatic N) is 3. The second-order valence-electron chi connectivity index (χ2n) is 6.42. The summed E-state index contributed by atoms with van der Waals surface area (Å²) in [5, 5.41) is 4.17. The molecule has 0 aliphatic carbocycles. The van der Waals surface area contributed by atoms with Crippen molar-refractivity contribution in [1.29, 1.82) is 0 Å². The third-order valence-corrected chi connectivity index (χ3v) is 5.25. The van der Waals surface area contributed by atoms with E-state index in [1.54, 1.807) is 7.11 Å². The van der Waals surface area contributed by atoms with E-state index >= 15 is 0 Å². The molecule has 27 heavy (non-hydrogen) atoms. The average molecular weight is 379 g/mol. The van der Waals surface area contributed by atoms with E-state index in [0.29, 0.717) is 5.11 Å². The summed E-state index contributed by atoms with van der Waals surface area (Å²) in [6.45, 7) is 3.04. The number of aryl methyl sites for hydroxylation is 1. The van der Waals surface area contributed by atoms with E-state index < -0.39 is 0 Å². The quantitative estimate of drug-likeness (QED) is 0.678. The topological polar surface area (TPSA) is 42.3 Å². The van der Waals surface area contributed by atoms with Gasteiger partial charge in [0.15, 0.2) is 5.11 Å². The Morgan fingerprint density at radius 3 is 2.78 bits per heavy atom. The van der Waals surface area contributed by atoms with Crippen molar-refractivity contribution in [2.24, 2.45) is 0 Å². The summed E-state index contributed by atoms with van der Waals surface area (Å²) in [5.74, 6) is 0.807. The van der Waals surface area contributed by atoms with E-state index in [1.807, 2.05) is 42.6 Å². The summed E-state index contributed by atoms with van der Waals surface area (Å²) in [6.07, 6.45) is 3.93.